The SMILES string of the molecule is Nc1ccc(C(=O)N2CCOC(C(=O)O)C2)cc1. The number of amides is 1. The molecule has 0 aromatic heterocycles. The summed E-state index contributed by atoms with van der Waals surface area (Å²) >= 11 is 0. The number of aliphatic carboxylic acids is 1. The second-order valence-electron chi connectivity index (χ2n) is 4.07. The highest BCUT2D eigenvalue weighted by molar-refractivity contribution is 5.95. The summed E-state index contributed by atoms with van der Waals surface area (Å²) in [7, 11) is 0. The average molecular weight is 250 g/mol. The summed E-state index contributed by atoms with van der Waals surface area (Å²) in [5.74, 6) is -1.26. The average Bonchev–Trinajstić information content (AvgIpc) is 2.39. The van der Waals surface area contributed by atoms with Crippen LogP contribution in [-0.2, 0) is 9.53 Å². The second-order valence-corrected chi connectivity index (χ2v) is 4.07. The Morgan fingerprint density at radius 1 is 1.33 bits per heavy atom. The van der Waals surface area contributed by atoms with Crippen LogP contribution in [-0.4, -0.2) is 47.7 Å². The van der Waals surface area contributed by atoms with Gasteiger partial charge in [-0.3, -0.25) is 4.79 Å². The molecule has 1 fully saturated rings. The molecule has 1 aliphatic rings. The lowest BCUT2D eigenvalue weighted by atomic mass is 10.1. The minimum Gasteiger partial charge on any atom is -0.479 e. The van der Waals surface area contributed by atoms with Crippen LogP contribution in [0.25, 0.3) is 0 Å². The summed E-state index contributed by atoms with van der Waals surface area (Å²) in [4.78, 5) is 24.4. The Kier molecular flexibility index (Phi) is 3.47. The molecule has 1 aromatic carbocycles. The summed E-state index contributed by atoms with van der Waals surface area (Å²) in [6.07, 6.45) is -0.948. The Balaban J connectivity index is 2.09. The van der Waals surface area contributed by atoms with Crippen molar-refractivity contribution in [2.24, 2.45) is 0 Å². The van der Waals surface area contributed by atoms with Crippen molar-refractivity contribution >= 4 is 17.6 Å². The van der Waals surface area contributed by atoms with Crippen LogP contribution in [0.2, 0.25) is 0 Å². The van der Waals surface area contributed by atoms with Gasteiger partial charge in [0.2, 0.25) is 0 Å². The molecule has 1 atom stereocenters. The van der Waals surface area contributed by atoms with Gasteiger partial charge in [-0.25, -0.2) is 4.79 Å². The monoisotopic (exact) mass is 250 g/mol. The molecule has 0 aliphatic carbocycles. The van der Waals surface area contributed by atoms with Crippen LogP contribution in [0, 0.1) is 0 Å². The lowest BCUT2D eigenvalue weighted by Crippen LogP contribution is -2.48. The molecule has 1 aliphatic heterocycles. The fourth-order valence-electron chi connectivity index (χ4n) is 1.79. The van der Waals surface area contributed by atoms with Gasteiger partial charge in [0, 0.05) is 17.8 Å². The van der Waals surface area contributed by atoms with E-state index in [-0.39, 0.29) is 19.1 Å². The Hall–Kier alpha value is -2.08. The molecule has 6 heteroatoms. The number of nitrogen functional groups attached to an aromatic ring is 1. The first kappa shape index (κ1) is 12.4. The van der Waals surface area contributed by atoms with E-state index in [1.165, 1.54) is 4.90 Å². The number of carbonyl (C=O) groups excluding carboxylic acids is 1. The third-order valence-electron chi connectivity index (χ3n) is 2.79. The summed E-state index contributed by atoms with van der Waals surface area (Å²) in [5, 5.41) is 8.87. The molecule has 1 saturated heterocycles. The molecule has 1 aromatic rings. The topological polar surface area (TPSA) is 92.9 Å². The third kappa shape index (κ3) is 2.60. The van der Waals surface area contributed by atoms with Crippen LogP contribution < -0.4 is 5.73 Å². The number of rotatable bonds is 2. The summed E-state index contributed by atoms with van der Waals surface area (Å²) < 4.78 is 5.06. The Labute approximate surface area is 104 Å². The van der Waals surface area contributed by atoms with Gasteiger partial charge in [0.1, 0.15) is 0 Å². The number of hydrogen-bond donors (Lipinski definition) is 2. The maximum Gasteiger partial charge on any atom is 0.334 e. The Morgan fingerprint density at radius 2 is 2.00 bits per heavy atom. The predicted molar refractivity (Wildman–Crippen MR) is 64.1 cm³/mol. The van der Waals surface area contributed by atoms with E-state index in [0.717, 1.165) is 0 Å². The van der Waals surface area contributed by atoms with Crippen LogP contribution in [0.1, 0.15) is 10.4 Å². The number of carboxylic acid groups (broad SMARTS) is 1. The van der Waals surface area contributed by atoms with Gasteiger partial charge in [-0.05, 0) is 24.3 Å². The number of carboxylic acids is 1. The fraction of sp³-hybridized carbons (Fsp3) is 0.333. The molecular formula is C12H14N2O4. The van der Waals surface area contributed by atoms with E-state index in [1.807, 2.05) is 0 Å². The number of carbonyl (C=O) groups is 2. The first-order valence-electron chi connectivity index (χ1n) is 5.57. The van der Waals surface area contributed by atoms with Crippen molar-refractivity contribution in [3.63, 3.8) is 0 Å². The molecule has 1 amide bonds. The molecule has 0 radical (unpaired) electrons. The third-order valence-corrected chi connectivity index (χ3v) is 2.79. The van der Waals surface area contributed by atoms with Crippen molar-refractivity contribution in [1.82, 2.24) is 4.90 Å². The van der Waals surface area contributed by atoms with Gasteiger partial charge >= 0.3 is 5.97 Å². The lowest BCUT2D eigenvalue weighted by Gasteiger charge is -2.30. The molecule has 0 spiro atoms. The molecule has 3 N–H and O–H groups in total. The molecule has 2 rings (SSSR count). The maximum absolute atomic E-state index is 12.1. The number of morpholine rings is 1. The molecule has 0 bridgehead atoms. The van der Waals surface area contributed by atoms with Crippen LogP contribution in [0.4, 0.5) is 5.69 Å². The lowest BCUT2D eigenvalue weighted by molar-refractivity contribution is -0.154. The van der Waals surface area contributed by atoms with Gasteiger partial charge in [-0.1, -0.05) is 0 Å². The van der Waals surface area contributed by atoms with Crippen LogP contribution in [0.15, 0.2) is 24.3 Å². The molecular weight excluding hydrogens is 236 g/mol. The van der Waals surface area contributed by atoms with Crippen LogP contribution in [0.3, 0.4) is 0 Å². The van der Waals surface area contributed by atoms with Gasteiger partial charge in [0.15, 0.2) is 6.10 Å². The van der Waals surface area contributed by atoms with E-state index < -0.39 is 12.1 Å². The molecule has 1 unspecified atom stereocenters. The van der Waals surface area contributed by atoms with E-state index in [2.05, 4.69) is 0 Å². The van der Waals surface area contributed by atoms with Gasteiger partial charge in [-0.2, -0.15) is 0 Å². The normalized spacial score (nSPS) is 19.6. The van der Waals surface area contributed by atoms with E-state index in [9.17, 15) is 9.59 Å². The number of hydrogen-bond acceptors (Lipinski definition) is 4. The number of anilines is 1. The number of benzene rings is 1. The fourth-order valence-corrected chi connectivity index (χ4v) is 1.79. The molecule has 0 saturated carbocycles. The first-order chi connectivity index (χ1) is 8.58. The minimum atomic E-state index is -1.05. The van der Waals surface area contributed by atoms with Crippen molar-refractivity contribution in [2.45, 2.75) is 6.10 Å². The van der Waals surface area contributed by atoms with Crippen molar-refractivity contribution in [1.29, 1.82) is 0 Å². The van der Waals surface area contributed by atoms with E-state index >= 15 is 0 Å². The highest BCUT2D eigenvalue weighted by atomic mass is 16.5. The highest BCUT2D eigenvalue weighted by Gasteiger charge is 2.29. The van der Waals surface area contributed by atoms with Gasteiger partial charge in [-0.15, -0.1) is 0 Å². The summed E-state index contributed by atoms with van der Waals surface area (Å²) in [6.45, 7) is 0.698. The Bertz CT molecular complexity index is 458. The molecule has 6 nitrogen and oxygen atoms in total. The first-order valence-corrected chi connectivity index (χ1v) is 5.57. The summed E-state index contributed by atoms with van der Waals surface area (Å²) in [6, 6.07) is 6.54. The van der Waals surface area contributed by atoms with Gasteiger partial charge in [0.25, 0.3) is 5.91 Å². The van der Waals surface area contributed by atoms with E-state index in [4.69, 9.17) is 15.6 Å². The number of nitrogens with zero attached hydrogens (tertiary/aromatic N) is 1. The van der Waals surface area contributed by atoms with Crippen molar-refractivity contribution in [2.75, 3.05) is 25.4 Å². The zero-order chi connectivity index (χ0) is 13.1. The maximum atomic E-state index is 12.1. The molecule has 96 valence electrons. The highest BCUT2D eigenvalue weighted by Crippen LogP contribution is 2.12. The minimum absolute atomic E-state index is 0.0680. The van der Waals surface area contributed by atoms with E-state index in [0.29, 0.717) is 17.8 Å². The largest absolute Gasteiger partial charge is 0.479 e. The number of nitrogens with two attached hydrogens (primary N) is 1. The predicted octanol–water partition coefficient (Wildman–Crippen LogP) is 0.194. The Morgan fingerprint density at radius 3 is 2.61 bits per heavy atom. The smallest absolute Gasteiger partial charge is 0.334 e. The zero-order valence-electron chi connectivity index (χ0n) is 9.70. The zero-order valence-corrected chi connectivity index (χ0v) is 9.70. The van der Waals surface area contributed by atoms with Gasteiger partial charge in [0.05, 0.1) is 13.2 Å². The van der Waals surface area contributed by atoms with Gasteiger partial charge < -0.3 is 20.5 Å². The van der Waals surface area contributed by atoms with Crippen molar-refractivity contribution in [3.05, 3.63) is 29.8 Å². The quantitative estimate of drug-likeness (QED) is 0.731. The van der Waals surface area contributed by atoms with E-state index in [1.54, 1.807) is 24.3 Å². The van der Waals surface area contributed by atoms with Crippen molar-refractivity contribution < 1.29 is 19.4 Å². The number of ether oxygens (including phenoxy) is 1. The molecule has 18 heavy (non-hydrogen) atoms. The van der Waals surface area contributed by atoms with Crippen LogP contribution >= 0.6 is 0 Å². The summed E-state index contributed by atoms with van der Waals surface area (Å²) in [5.41, 5.74) is 6.62. The van der Waals surface area contributed by atoms with Crippen LogP contribution in [0.5, 0.6) is 0 Å². The second kappa shape index (κ2) is 5.05. The van der Waals surface area contributed by atoms with Crippen molar-refractivity contribution in [3.8, 4) is 0 Å². The standard InChI is InChI=1S/C12H14N2O4/c13-9-3-1-8(2-4-9)11(15)14-5-6-18-10(7-14)12(16)17/h1-4,10H,5-7,13H2,(H,16,17). The molecule has 1 heterocycles.